The van der Waals surface area contributed by atoms with Crippen molar-refractivity contribution in [3.05, 3.63) is 34.2 Å². The van der Waals surface area contributed by atoms with E-state index in [0.717, 1.165) is 19.2 Å². The first-order valence-corrected chi connectivity index (χ1v) is 6.93. The molecule has 0 atom stereocenters. The molecule has 116 valence electrons. The summed E-state index contributed by atoms with van der Waals surface area (Å²) in [6, 6.07) is 3.73. The molecule has 0 spiro atoms. The Labute approximate surface area is 126 Å². The molecule has 1 aliphatic heterocycles. The number of rotatable bonds is 2. The molecule has 2 aromatic rings. The molecule has 0 aliphatic carbocycles. The lowest BCUT2D eigenvalue weighted by atomic mass is 10.1. The molecule has 7 heteroatoms. The largest absolute Gasteiger partial charge is 0.508 e. The van der Waals surface area contributed by atoms with Gasteiger partial charge in [-0.15, -0.1) is 0 Å². The van der Waals surface area contributed by atoms with Crippen molar-refractivity contribution in [3.8, 4) is 5.75 Å². The summed E-state index contributed by atoms with van der Waals surface area (Å²) >= 11 is 0. The molecule has 0 radical (unpaired) electrons. The average molecular weight is 304 g/mol. The van der Waals surface area contributed by atoms with Gasteiger partial charge in [-0.3, -0.25) is 4.79 Å². The number of hydrogen-bond donors (Lipinski definition) is 2. The minimum absolute atomic E-state index is 0.0446. The molecular formula is C15H16N2O5. The van der Waals surface area contributed by atoms with Crippen LogP contribution in [0, 0.1) is 0 Å². The van der Waals surface area contributed by atoms with E-state index in [-0.39, 0.29) is 16.7 Å². The van der Waals surface area contributed by atoms with E-state index in [1.54, 1.807) is 0 Å². The molecule has 0 saturated carbocycles. The molecule has 1 aromatic heterocycles. The quantitative estimate of drug-likeness (QED) is 0.853. The highest BCUT2D eigenvalue weighted by atomic mass is 16.4. The molecule has 3 rings (SSSR count). The number of carboxylic acid groups (broad SMARTS) is 1. The summed E-state index contributed by atoms with van der Waals surface area (Å²) in [7, 11) is 2.01. The molecule has 2 N–H and O–H groups in total. The number of fused-ring (bicyclic) bond motifs is 1. The number of hydrogen-bond acceptors (Lipinski definition) is 6. The van der Waals surface area contributed by atoms with Crippen LogP contribution in [0.3, 0.4) is 0 Å². The molecule has 1 saturated heterocycles. The lowest BCUT2D eigenvalue weighted by Crippen LogP contribution is -2.44. The summed E-state index contributed by atoms with van der Waals surface area (Å²) in [4.78, 5) is 27.3. The monoisotopic (exact) mass is 304 g/mol. The first-order valence-electron chi connectivity index (χ1n) is 6.93. The fraction of sp³-hybridized carbons (Fsp3) is 0.333. The smallest absolute Gasteiger partial charge is 0.371 e. The Balaban J connectivity index is 2.20. The number of carboxylic acids is 1. The predicted octanol–water partition coefficient (Wildman–Crippen LogP) is 0.949. The number of aromatic hydroxyl groups is 1. The number of anilines is 1. The molecule has 22 heavy (non-hydrogen) atoms. The SMILES string of the molecule is CN1CCN(c2cc(O)cc3c(=O)cc(C(=O)O)oc23)CC1. The highest BCUT2D eigenvalue weighted by Gasteiger charge is 2.21. The van der Waals surface area contributed by atoms with Gasteiger partial charge in [0.15, 0.2) is 11.0 Å². The number of phenolic OH excluding ortho intramolecular Hbond substituents is 1. The zero-order valence-electron chi connectivity index (χ0n) is 12.1. The van der Waals surface area contributed by atoms with E-state index in [1.807, 2.05) is 11.9 Å². The first kappa shape index (κ1) is 14.4. The average Bonchev–Trinajstić information content (AvgIpc) is 2.48. The topological polar surface area (TPSA) is 94.2 Å². The lowest BCUT2D eigenvalue weighted by molar-refractivity contribution is 0.0663. The van der Waals surface area contributed by atoms with E-state index in [9.17, 15) is 14.7 Å². The Morgan fingerprint density at radius 1 is 1.18 bits per heavy atom. The summed E-state index contributed by atoms with van der Waals surface area (Å²) in [5.41, 5.74) is 0.264. The van der Waals surface area contributed by atoms with Crippen LogP contribution in [0.4, 0.5) is 5.69 Å². The summed E-state index contributed by atoms with van der Waals surface area (Å²) in [6.45, 7) is 3.08. The third-order valence-corrected chi connectivity index (χ3v) is 3.85. The second-order valence-corrected chi connectivity index (χ2v) is 5.41. The zero-order chi connectivity index (χ0) is 15.9. The number of phenols is 1. The van der Waals surface area contributed by atoms with Crippen LogP contribution in [-0.4, -0.2) is 54.3 Å². The fourth-order valence-electron chi connectivity index (χ4n) is 2.61. The second kappa shape index (κ2) is 5.34. The van der Waals surface area contributed by atoms with Crippen LogP contribution in [0.1, 0.15) is 10.6 Å². The molecule has 7 nitrogen and oxygen atoms in total. The number of likely N-dealkylation sites (N-methyl/N-ethyl adjacent to an activating group) is 1. The van der Waals surface area contributed by atoms with E-state index < -0.39 is 17.2 Å². The molecule has 0 bridgehead atoms. The van der Waals surface area contributed by atoms with Gasteiger partial charge in [0.2, 0.25) is 5.76 Å². The third kappa shape index (κ3) is 2.50. The van der Waals surface area contributed by atoms with Gasteiger partial charge in [0.1, 0.15) is 5.75 Å². The van der Waals surface area contributed by atoms with Crippen molar-refractivity contribution in [2.24, 2.45) is 0 Å². The maximum absolute atomic E-state index is 12.1. The van der Waals surface area contributed by atoms with Crippen molar-refractivity contribution in [1.82, 2.24) is 4.90 Å². The molecule has 1 aliphatic rings. The number of piperazine rings is 1. The zero-order valence-corrected chi connectivity index (χ0v) is 12.1. The van der Waals surface area contributed by atoms with Gasteiger partial charge >= 0.3 is 5.97 Å². The standard InChI is InChI=1S/C15H16N2O5/c1-16-2-4-17(5-3-16)11-7-9(18)6-10-12(19)8-13(15(20)21)22-14(10)11/h6-8,18H,2-5H2,1H3,(H,20,21). The Morgan fingerprint density at radius 2 is 1.86 bits per heavy atom. The summed E-state index contributed by atoms with van der Waals surface area (Å²) in [5, 5.41) is 19.1. The minimum atomic E-state index is -1.29. The molecular weight excluding hydrogens is 288 g/mol. The van der Waals surface area contributed by atoms with E-state index in [0.29, 0.717) is 18.8 Å². The van der Waals surface area contributed by atoms with Gasteiger partial charge in [-0.05, 0) is 13.1 Å². The van der Waals surface area contributed by atoms with Gasteiger partial charge in [-0.1, -0.05) is 0 Å². The van der Waals surface area contributed by atoms with Gasteiger partial charge in [0.25, 0.3) is 0 Å². The van der Waals surface area contributed by atoms with Crippen LogP contribution in [0.2, 0.25) is 0 Å². The number of aromatic carboxylic acids is 1. The molecule has 1 aromatic carbocycles. The minimum Gasteiger partial charge on any atom is -0.508 e. The van der Waals surface area contributed by atoms with E-state index in [1.165, 1.54) is 12.1 Å². The van der Waals surface area contributed by atoms with Gasteiger partial charge < -0.3 is 24.4 Å². The van der Waals surface area contributed by atoms with Gasteiger partial charge in [0.05, 0.1) is 11.1 Å². The fourth-order valence-corrected chi connectivity index (χ4v) is 2.61. The van der Waals surface area contributed by atoms with Crippen molar-refractivity contribution in [1.29, 1.82) is 0 Å². The van der Waals surface area contributed by atoms with Crippen molar-refractivity contribution in [2.45, 2.75) is 0 Å². The number of nitrogens with zero attached hydrogens (tertiary/aromatic N) is 2. The third-order valence-electron chi connectivity index (χ3n) is 3.85. The van der Waals surface area contributed by atoms with Crippen molar-refractivity contribution >= 4 is 22.6 Å². The number of carbonyl (C=O) groups is 1. The van der Waals surface area contributed by atoms with Crippen molar-refractivity contribution < 1.29 is 19.4 Å². The van der Waals surface area contributed by atoms with Crippen LogP contribution in [-0.2, 0) is 0 Å². The van der Waals surface area contributed by atoms with Crippen molar-refractivity contribution in [3.63, 3.8) is 0 Å². The molecule has 0 unspecified atom stereocenters. The van der Waals surface area contributed by atoms with Gasteiger partial charge in [-0.25, -0.2) is 4.79 Å². The Bertz CT molecular complexity index is 790. The maximum Gasteiger partial charge on any atom is 0.371 e. The van der Waals surface area contributed by atoms with Crippen LogP contribution in [0.5, 0.6) is 5.75 Å². The summed E-state index contributed by atoms with van der Waals surface area (Å²) in [5.74, 6) is -1.74. The first-order chi connectivity index (χ1) is 10.5. The second-order valence-electron chi connectivity index (χ2n) is 5.41. The Kier molecular flexibility index (Phi) is 3.50. The normalized spacial score (nSPS) is 16.1. The van der Waals surface area contributed by atoms with E-state index in [2.05, 4.69) is 4.90 Å². The Morgan fingerprint density at radius 3 is 2.50 bits per heavy atom. The predicted molar refractivity (Wildman–Crippen MR) is 80.8 cm³/mol. The van der Waals surface area contributed by atoms with Crippen LogP contribution < -0.4 is 10.3 Å². The van der Waals surface area contributed by atoms with Crippen LogP contribution in [0.15, 0.2) is 27.4 Å². The van der Waals surface area contributed by atoms with Gasteiger partial charge in [0, 0.05) is 38.3 Å². The maximum atomic E-state index is 12.1. The van der Waals surface area contributed by atoms with Crippen molar-refractivity contribution in [2.75, 3.05) is 38.1 Å². The Hall–Kier alpha value is -2.54. The van der Waals surface area contributed by atoms with E-state index in [4.69, 9.17) is 9.52 Å². The molecule has 1 fully saturated rings. The number of benzene rings is 1. The summed E-state index contributed by atoms with van der Waals surface area (Å²) in [6.07, 6.45) is 0. The lowest BCUT2D eigenvalue weighted by Gasteiger charge is -2.34. The highest BCUT2D eigenvalue weighted by molar-refractivity contribution is 5.93. The molecule has 0 amide bonds. The summed E-state index contributed by atoms with van der Waals surface area (Å²) < 4.78 is 5.40. The highest BCUT2D eigenvalue weighted by Crippen LogP contribution is 2.31. The molecule has 2 heterocycles. The van der Waals surface area contributed by atoms with Crippen LogP contribution >= 0.6 is 0 Å². The van der Waals surface area contributed by atoms with Crippen LogP contribution in [0.25, 0.3) is 11.0 Å². The van der Waals surface area contributed by atoms with E-state index >= 15 is 0 Å². The van der Waals surface area contributed by atoms with Gasteiger partial charge in [-0.2, -0.15) is 0 Å².